The number of hydrogen-bond donors (Lipinski definition) is 2. The van der Waals surface area contributed by atoms with Gasteiger partial charge >= 0.3 is 0 Å². The van der Waals surface area contributed by atoms with Gasteiger partial charge in [0.1, 0.15) is 0 Å². The van der Waals surface area contributed by atoms with E-state index in [0.717, 1.165) is 18.7 Å². The minimum Gasteiger partial charge on any atom is -0.399 e. The summed E-state index contributed by atoms with van der Waals surface area (Å²) < 4.78 is 0. The van der Waals surface area contributed by atoms with Crippen LogP contribution in [-0.2, 0) is 0 Å². The molecule has 112 valence electrons. The molecule has 0 radical (unpaired) electrons. The fourth-order valence-corrected chi connectivity index (χ4v) is 1.90. The van der Waals surface area contributed by atoms with E-state index in [1.165, 1.54) is 0 Å². The summed E-state index contributed by atoms with van der Waals surface area (Å²) in [4.78, 5) is 15.9. The van der Waals surface area contributed by atoms with E-state index in [4.69, 9.17) is 5.73 Å². The zero-order valence-corrected chi connectivity index (χ0v) is 13.1. The van der Waals surface area contributed by atoms with Crippen LogP contribution in [0.25, 0.3) is 0 Å². The van der Waals surface area contributed by atoms with Gasteiger partial charge in [0.15, 0.2) is 0 Å². The fraction of sp³-hybridized carbons (Fsp3) is 0.533. The van der Waals surface area contributed by atoms with Crippen molar-refractivity contribution in [1.29, 1.82) is 0 Å². The number of nitrogens with two attached hydrogens (primary N) is 1. The number of rotatable bonds is 6. The van der Waals surface area contributed by atoms with Crippen LogP contribution in [0.2, 0.25) is 0 Å². The Morgan fingerprint density at radius 3 is 2.50 bits per heavy atom. The molecule has 20 heavy (non-hydrogen) atoms. The third kappa shape index (κ3) is 4.74. The number of nitrogens with zero attached hydrogens (tertiary/aromatic N) is 2. The first-order valence-corrected chi connectivity index (χ1v) is 6.83. The highest BCUT2D eigenvalue weighted by atomic mass is 16.2. The molecular weight excluding hydrogens is 252 g/mol. The molecule has 1 aromatic carbocycles. The van der Waals surface area contributed by atoms with Crippen molar-refractivity contribution in [2.24, 2.45) is 0 Å². The average Bonchev–Trinajstić information content (AvgIpc) is 2.35. The lowest BCUT2D eigenvalue weighted by Crippen LogP contribution is -2.26. The van der Waals surface area contributed by atoms with Crippen LogP contribution < -0.4 is 11.1 Å². The smallest absolute Gasteiger partial charge is 0.255 e. The summed E-state index contributed by atoms with van der Waals surface area (Å²) in [6, 6.07) is 5.63. The summed E-state index contributed by atoms with van der Waals surface area (Å²) in [5.74, 6) is -0.0210. The first-order chi connectivity index (χ1) is 9.31. The second kappa shape index (κ2) is 7.14. The quantitative estimate of drug-likeness (QED) is 0.778. The Morgan fingerprint density at radius 1 is 1.30 bits per heavy atom. The minimum absolute atomic E-state index is 0.0210. The molecule has 1 unspecified atom stereocenters. The van der Waals surface area contributed by atoms with Crippen molar-refractivity contribution in [3.8, 4) is 0 Å². The second-order valence-electron chi connectivity index (χ2n) is 5.64. The number of anilines is 2. The molecule has 1 rings (SSSR count). The van der Waals surface area contributed by atoms with Gasteiger partial charge in [0.2, 0.25) is 0 Å². The molecule has 1 atom stereocenters. The molecule has 5 heteroatoms. The molecular formula is C15H26N4O. The predicted molar refractivity (Wildman–Crippen MR) is 85.1 cm³/mol. The van der Waals surface area contributed by atoms with Crippen LogP contribution in [0.5, 0.6) is 0 Å². The van der Waals surface area contributed by atoms with Crippen molar-refractivity contribution in [3.63, 3.8) is 0 Å². The molecule has 0 saturated carbocycles. The van der Waals surface area contributed by atoms with E-state index >= 15 is 0 Å². The highest BCUT2D eigenvalue weighted by Gasteiger charge is 2.15. The van der Waals surface area contributed by atoms with Crippen LogP contribution in [0.1, 0.15) is 23.7 Å². The lowest BCUT2D eigenvalue weighted by atomic mass is 10.1. The number of hydrogen-bond acceptors (Lipinski definition) is 4. The number of nitrogen functional groups attached to an aromatic ring is 1. The molecule has 1 aromatic rings. The Labute approximate surface area is 121 Å². The maximum Gasteiger partial charge on any atom is 0.255 e. The maximum absolute atomic E-state index is 12.2. The van der Waals surface area contributed by atoms with Crippen LogP contribution in [0, 0.1) is 0 Å². The fourth-order valence-electron chi connectivity index (χ4n) is 1.90. The van der Waals surface area contributed by atoms with Gasteiger partial charge in [0.05, 0.1) is 5.56 Å². The first-order valence-electron chi connectivity index (χ1n) is 6.83. The van der Waals surface area contributed by atoms with E-state index in [1.807, 2.05) is 20.2 Å². The normalized spacial score (nSPS) is 12.3. The van der Waals surface area contributed by atoms with Gasteiger partial charge in [0, 0.05) is 31.5 Å². The zero-order valence-electron chi connectivity index (χ0n) is 13.1. The van der Waals surface area contributed by atoms with Crippen molar-refractivity contribution in [2.45, 2.75) is 19.4 Å². The molecule has 0 spiro atoms. The third-order valence-corrected chi connectivity index (χ3v) is 3.09. The molecule has 0 fully saturated rings. The summed E-state index contributed by atoms with van der Waals surface area (Å²) >= 11 is 0. The molecule has 1 amide bonds. The first kappa shape index (κ1) is 16.3. The number of carbonyl (C=O) groups is 1. The zero-order chi connectivity index (χ0) is 15.3. The van der Waals surface area contributed by atoms with Crippen LogP contribution >= 0.6 is 0 Å². The molecule has 0 bridgehead atoms. The summed E-state index contributed by atoms with van der Waals surface area (Å²) in [5, 5.41) is 3.39. The van der Waals surface area contributed by atoms with E-state index in [0.29, 0.717) is 11.3 Å². The van der Waals surface area contributed by atoms with Gasteiger partial charge in [-0.2, -0.15) is 0 Å². The van der Waals surface area contributed by atoms with Crippen molar-refractivity contribution >= 4 is 17.3 Å². The number of benzene rings is 1. The topological polar surface area (TPSA) is 61.6 Å². The largest absolute Gasteiger partial charge is 0.399 e. The van der Waals surface area contributed by atoms with Gasteiger partial charge in [-0.15, -0.1) is 0 Å². The number of carbonyl (C=O) groups excluding carboxylic acids is 1. The number of nitrogens with one attached hydrogen (secondary N) is 1. The summed E-state index contributed by atoms with van der Waals surface area (Å²) in [5.41, 5.74) is 7.94. The van der Waals surface area contributed by atoms with Gasteiger partial charge in [0.25, 0.3) is 5.91 Å². The molecule has 3 N–H and O–H groups in total. The van der Waals surface area contributed by atoms with Crippen molar-refractivity contribution in [2.75, 3.05) is 45.8 Å². The van der Waals surface area contributed by atoms with E-state index < -0.39 is 0 Å². The van der Waals surface area contributed by atoms with Crippen LogP contribution in [0.15, 0.2) is 18.2 Å². The van der Waals surface area contributed by atoms with E-state index in [9.17, 15) is 4.79 Å². The van der Waals surface area contributed by atoms with Gasteiger partial charge in [-0.25, -0.2) is 0 Å². The third-order valence-electron chi connectivity index (χ3n) is 3.09. The van der Waals surface area contributed by atoms with Crippen molar-refractivity contribution in [1.82, 2.24) is 9.80 Å². The average molecular weight is 278 g/mol. The number of amides is 1. The Morgan fingerprint density at radius 2 is 1.95 bits per heavy atom. The molecule has 0 saturated heterocycles. The molecule has 0 heterocycles. The van der Waals surface area contributed by atoms with E-state index in [2.05, 4.69) is 17.1 Å². The van der Waals surface area contributed by atoms with Gasteiger partial charge in [-0.3, -0.25) is 4.79 Å². The minimum atomic E-state index is -0.0210. The predicted octanol–water partition coefficient (Wildman–Crippen LogP) is 1.72. The monoisotopic (exact) mass is 278 g/mol. The summed E-state index contributed by atoms with van der Waals surface area (Å²) in [6.07, 6.45) is 0.997. The van der Waals surface area contributed by atoms with Gasteiger partial charge in [-0.05, 0) is 52.2 Å². The molecule has 0 aromatic heterocycles. The Bertz CT molecular complexity index is 457. The molecule has 0 aliphatic heterocycles. The maximum atomic E-state index is 12.2. The van der Waals surface area contributed by atoms with Crippen LogP contribution in [-0.4, -0.2) is 56.5 Å². The Kier molecular flexibility index (Phi) is 5.82. The van der Waals surface area contributed by atoms with Gasteiger partial charge < -0.3 is 20.9 Å². The van der Waals surface area contributed by atoms with Crippen molar-refractivity contribution < 1.29 is 4.79 Å². The Hall–Kier alpha value is -1.75. The summed E-state index contributed by atoms with van der Waals surface area (Å²) in [6.45, 7) is 3.10. The van der Waals surface area contributed by atoms with E-state index in [1.54, 1.807) is 31.1 Å². The van der Waals surface area contributed by atoms with E-state index in [-0.39, 0.29) is 11.9 Å². The highest BCUT2D eigenvalue weighted by molar-refractivity contribution is 6.00. The molecule has 5 nitrogen and oxygen atoms in total. The lowest BCUT2D eigenvalue weighted by molar-refractivity contribution is 0.0828. The Balaban J connectivity index is 2.87. The van der Waals surface area contributed by atoms with Crippen molar-refractivity contribution in [3.05, 3.63) is 23.8 Å². The SMILES string of the molecule is CC(CCN(C)C)Nc1cc(N)ccc1C(=O)N(C)C. The van der Waals surface area contributed by atoms with Gasteiger partial charge in [-0.1, -0.05) is 0 Å². The highest BCUT2D eigenvalue weighted by Crippen LogP contribution is 2.21. The lowest BCUT2D eigenvalue weighted by Gasteiger charge is -2.21. The molecule has 0 aliphatic rings. The molecule has 0 aliphatic carbocycles. The standard InChI is InChI=1S/C15H26N4O/c1-11(8-9-18(2)3)17-14-10-12(16)6-7-13(14)15(20)19(4)5/h6-7,10-11,17H,8-9,16H2,1-5H3. The van der Waals surface area contributed by atoms with Crippen LogP contribution in [0.4, 0.5) is 11.4 Å². The summed E-state index contributed by atoms with van der Waals surface area (Å²) in [7, 11) is 7.60. The van der Waals surface area contributed by atoms with Crippen LogP contribution in [0.3, 0.4) is 0 Å². The second-order valence-corrected chi connectivity index (χ2v) is 5.64.